The van der Waals surface area contributed by atoms with E-state index in [1.807, 2.05) is 23.1 Å². The van der Waals surface area contributed by atoms with Gasteiger partial charge in [-0.05, 0) is 25.0 Å². The third kappa shape index (κ3) is 2.22. The Bertz CT molecular complexity index is 497. The molecule has 0 saturated carbocycles. The summed E-state index contributed by atoms with van der Waals surface area (Å²) in [5.74, 6) is 0. The Kier molecular flexibility index (Phi) is 2.99. The topological polar surface area (TPSA) is 76.8 Å². The van der Waals surface area contributed by atoms with E-state index in [0.717, 1.165) is 18.7 Å². The van der Waals surface area contributed by atoms with Gasteiger partial charge in [-0.15, -0.1) is 0 Å². The van der Waals surface area contributed by atoms with Crippen LogP contribution in [0.3, 0.4) is 0 Å². The van der Waals surface area contributed by atoms with Crippen molar-refractivity contribution in [2.45, 2.75) is 18.4 Å². The molecule has 1 atom stereocenters. The molecular weight excluding hydrogens is 212 g/mol. The molecule has 0 radical (unpaired) electrons. The quantitative estimate of drug-likeness (QED) is 0.784. The lowest BCUT2D eigenvalue weighted by atomic mass is 9.91. The molecule has 1 aliphatic rings. The normalized spacial score (nSPS) is 23.8. The van der Waals surface area contributed by atoms with E-state index >= 15 is 0 Å². The van der Waals surface area contributed by atoms with Crippen LogP contribution < -0.4 is 10.6 Å². The lowest BCUT2D eigenvalue weighted by Gasteiger charge is -2.37. The van der Waals surface area contributed by atoms with E-state index < -0.39 is 5.54 Å². The zero-order chi connectivity index (χ0) is 12.3. The lowest BCUT2D eigenvalue weighted by molar-refractivity contribution is 0.424. The number of nitrogens with two attached hydrogens (primary N) is 1. The van der Waals surface area contributed by atoms with Crippen molar-refractivity contribution in [3.05, 3.63) is 29.8 Å². The minimum Gasteiger partial charge on any atom is -0.368 e. The summed E-state index contributed by atoms with van der Waals surface area (Å²) < 4.78 is 0. The van der Waals surface area contributed by atoms with Gasteiger partial charge in [0.05, 0.1) is 17.3 Å². The van der Waals surface area contributed by atoms with Crippen LogP contribution in [0.25, 0.3) is 0 Å². The van der Waals surface area contributed by atoms with Crippen LogP contribution in [0.15, 0.2) is 24.3 Å². The standard InChI is InChI=1S/C13H14N4/c14-8-11-4-1-2-5-12(11)17-7-3-6-13(16,9-15)10-17/h1-2,4-5H,3,6-7,10,16H2. The fraction of sp³-hybridized carbons (Fsp3) is 0.385. The predicted molar refractivity (Wildman–Crippen MR) is 65.1 cm³/mol. The Morgan fingerprint density at radius 1 is 1.29 bits per heavy atom. The van der Waals surface area contributed by atoms with Crippen molar-refractivity contribution < 1.29 is 0 Å². The van der Waals surface area contributed by atoms with E-state index in [1.54, 1.807) is 6.07 Å². The monoisotopic (exact) mass is 226 g/mol. The molecule has 1 aromatic rings. The molecular formula is C13H14N4. The Labute approximate surface area is 101 Å². The predicted octanol–water partition coefficient (Wildman–Crippen LogP) is 1.38. The second kappa shape index (κ2) is 4.45. The number of para-hydroxylation sites is 1. The van der Waals surface area contributed by atoms with Gasteiger partial charge in [-0.3, -0.25) is 0 Å². The first-order chi connectivity index (χ1) is 8.18. The molecule has 2 N–H and O–H groups in total. The molecule has 1 aromatic carbocycles. The third-order valence-electron chi connectivity index (χ3n) is 3.11. The highest BCUT2D eigenvalue weighted by atomic mass is 15.2. The minimum absolute atomic E-state index is 0.488. The molecule has 86 valence electrons. The minimum atomic E-state index is -0.791. The highest BCUT2D eigenvalue weighted by Gasteiger charge is 2.32. The number of benzene rings is 1. The van der Waals surface area contributed by atoms with Gasteiger partial charge >= 0.3 is 0 Å². The van der Waals surface area contributed by atoms with E-state index in [0.29, 0.717) is 18.5 Å². The first-order valence-corrected chi connectivity index (χ1v) is 5.63. The average Bonchev–Trinajstić information content (AvgIpc) is 2.39. The zero-order valence-corrected chi connectivity index (χ0v) is 9.56. The smallest absolute Gasteiger partial charge is 0.121 e. The van der Waals surface area contributed by atoms with Gasteiger partial charge in [-0.25, -0.2) is 0 Å². The van der Waals surface area contributed by atoms with Gasteiger partial charge in [-0.2, -0.15) is 10.5 Å². The third-order valence-corrected chi connectivity index (χ3v) is 3.11. The number of hydrogen-bond acceptors (Lipinski definition) is 4. The summed E-state index contributed by atoms with van der Waals surface area (Å²) in [5.41, 5.74) is 6.71. The van der Waals surface area contributed by atoms with Gasteiger partial charge < -0.3 is 10.6 Å². The number of nitrogens with zero attached hydrogens (tertiary/aromatic N) is 3. The number of piperidine rings is 1. The molecule has 1 aliphatic heterocycles. The van der Waals surface area contributed by atoms with E-state index in [4.69, 9.17) is 16.3 Å². The highest BCUT2D eigenvalue weighted by Crippen LogP contribution is 2.26. The van der Waals surface area contributed by atoms with Crippen LogP contribution in [0, 0.1) is 22.7 Å². The molecule has 0 aliphatic carbocycles. The van der Waals surface area contributed by atoms with Crippen LogP contribution >= 0.6 is 0 Å². The van der Waals surface area contributed by atoms with Gasteiger partial charge in [0.2, 0.25) is 0 Å². The van der Waals surface area contributed by atoms with Gasteiger partial charge in [0.25, 0.3) is 0 Å². The maximum absolute atomic E-state index is 9.07. The Balaban J connectivity index is 2.29. The van der Waals surface area contributed by atoms with Crippen molar-refractivity contribution in [2.75, 3.05) is 18.0 Å². The van der Waals surface area contributed by atoms with Gasteiger partial charge in [0.1, 0.15) is 11.6 Å². The molecule has 4 heteroatoms. The van der Waals surface area contributed by atoms with Crippen LogP contribution in [0.1, 0.15) is 18.4 Å². The molecule has 0 spiro atoms. The molecule has 1 saturated heterocycles. The molecule has 1 heterocycles. The van der Waals surface area contributed by atoms with Crippen LogP contribution in [-0.4, -0.2) is 18.6 Å². The number of rotatable bonds is 1. The van der Waals surface area contributed by atoms with Gasteiger partial charge in [0, 0.05) is 13.1 Å². The van der Waals surface area contributed by atoms with Crippen molar-refractivity contribution in [3.63, 3.8) is 0 Å². The summed E-state index contributed by atoms with van der Waals surface area (Å²) in [5, 5.41) is 18.1. The zero-order valence-electron chi connectivity index (χ0n) is 9.56. The largest absolute Gasteiger partial charge is 0.368 e. The van der Waals surface area contributed by atoms with Crippen LogP contribution in [0.5, 0.6) is 0 Å². The average molecular weight is 226 g/mol. The van der Waals surface area contributed by atoms with Crippen LogP contribution in [-0.2, 0) is 0 Å². The van der Waals surface area contributed by atoms with Gasteiger partial charge in [-0.1, -0.05) is 12.1 Å². The summed E-state index contributed by atoms with van der Waals surface area (Å²) in [6.45, 7) is 1.33. The molecule has 0 amide bonds. The van der Waals surface area contributed by atoms with E-state index in [9.17, 15) is 0 Å². The molecule has 17 heavy (non-hydrogen) atoms. The molecule has 1 unspecified atom stereocenters. The summed E-state index contributed by atoms with van der Waals surface area (Å²) in [4.78, 5) is 2.03. The molecule has 1 fully saturated rings. The summed E-state index contributed by atoms with van der Waals surface area (Å²) >= 11 is 0. The maximum atomic E-state index is 9.07. The molecule has 0 aromatic heterocycles. The number of anilines is 1. The fourth-order valence-corrected chi connectivity index (χ4v) is 2.22. The Morgan fingerprint density at radius 2 is 2.06 bits per heavy atom. The molecule has 0 bridgehead atoms. The fourth-order valence-electron chi connectivity index (χ4n) is 2.22. The second-order valence-corrected chi connectivity index (χ2v) is 4.42. The Hall–Kier alpha value is -2.04. The molecule has 4 nitrogen and oxygen atoms in total. The van der Waals surface area contributed by atoms with E-state index in [1.165, 1.54) is 0 Å². The summed E-state index contributed by atoms with van der Waals surface area (Å²) in [7, 11) is 0. The SMILES string of the molecule is N#Cc1ccccc1N1CCCC(N)(C#N)C1. The number of hydrogen-bond donors (Lipinski definition) is 1. The van der Waals surface area contributed by atoms with Gasteiger partial charge in [0.15, 0.2) is 0 Å². The van der Waals surface area contributed by atoms with Crippen molar-refractivity contribution in [1.82, 2.24) is 0 Å². The first kappa shape index (κ1) is 11.4. The van der Waals surface area contributed by atoms with E-state index in [2.05, 4.69) is 12.1 Å². The molecule has 2 rings (SSSR count). The van der Waals surface area contributed by atoms with E-state index in [-0.39, 0.29) is 0 Å². The Morgan fingerprint density at radius 3 is 2.76 bits per heavy atom. The number of nitriles is 2. The van der Waals surface area contributed by atoms with Crippen molar-refractivity contribution >= 4 is 5.69 Å². The first-order valence-electron chi connectivity index (χ1n) is 5.63. The highest BCUT2D eigenvalue weighted by molar-refractivity contribution is 5.60. The van der Waals surface area contributed by atoms with Crippen LogP contribution in [0.4, 0.5) is 5.69 Å². The van der Waals surface area contributed by atoms with Crippen molar-refractivity contribution in [2.24, 2.45) is 5.73 Å². The summed E-state index contributed by atoms with van der Waals surface area (Å²) in [6, 6.07) is 11.8. The van der Waals surface area contributed by atoms with Crippen LogP contribution in [0.2, 0.25) is 0 Å². The summed E-state index contributed by atoms with van der Waals surface area (Å²) in [6.07, 6.45) is 1.60. The lowest BCUT2D eigenvalue weighted by Crippen LogP contribution is -2.53. The second-order valence-electron chi connectivity index (χ2n) is 4.42. The van der Waals surface area contributed by atoms with Crippen molar-refractivity contribution in [3.8, 4) is 12.1 Å². The van der Waals surface area contributed by atoms with Crippen molar-refractivity contribution in [1.29, 1.82) is 10.5 Å². The maximum Gasteiger partial charge on any atom is 0.121 e.